The number of hydrogen-bond acceptors (Lipinski definition) is 3. The molecule has 0 spiro atoms. The molecule has 3 unspecified atom stereocenters. The summed E-state index contributed by atoms with van der Waals surface area (Å²) in [6.07, 6.45) is 4.27. The van der Waals surface area contributed by atoms with E-state index < -0.39 is 10.8 Å². The third-order valence-corrected chi connectivity index (χ3v) is 6.18. The molecular weight excluding hydrogens is 322 g/mol. The lowest BCUT2D eigenvalue weighted by Gasteiger charge is -2.30. The van der Waals surface area contributed by atoms with E-state index in [4.69, 9.17) is 4.74 Å². The van der Waals surface area contributed by atoms with E-state index in [9.17, 15) is 4.21 Å². The maximum Gasteiger partial charge on any atom is 0.191 e. The number of nitrogens with one attached hydrogen (secondary N) is 2. The highest BCUT2D eigenvalue weighted by Crippen LogP contribution is 2.23. The fourth-order valence-corrected chi connectivity index (χ4v) is 4.45. The van der Waals surface area contributed by atoms with Gasteiger partial charge in [-0.25, -0.2) is 0 Å². The molecule has 24 heavy (non-hydrogen) atoms. The first-order valence-electron chi connectivity index (χ1n) is 8.63. The Hall–Kier alpha value is -1.56. The van der Waals surface area contributed by atoms with Crippen molar-refractivity contribution in [2.45, 2.75) is 50.4 Å². The van der Waals surface area contributed by atoms with Gasteiger partial charge in [-0.3, -0.25) is 9.20 Å². The molecule has 1 aliphatic rings. The van der Waals surface area contributed by atoms with E-state index >= 15 is 0 Å². The number of nitrogens with zero attached hydrogens (tertiary/aromatic N) is 1. The fourth-order valence-electron chi connectivity index (χ4n) is 3.11. The van der Waals surface area contributed by atoms with Gasteiger partial charge in [0.05, 0.1) is 7.11 Å². The van der Waals surface area contributed by atoms with Crippen LogP contribution in [0.2, 0.25) is 0 Å². The molecular formula is C18H29N3O2S. The number of benzene rings is 1. The highest BCUT2D eigenvalue weighted by atomic mass is 32.2. The second kappa shape index (κ2) is 9.67. The van der Waals surface area contributed by atoms with Crippen molar-refractivity contribution in [1.29, 1.82) is 0 Å². The van der Waals surface area contributed by atoms with Crippen molar-refractivity contribution < 1.29 is 8.95 Å². The Morgan fingerprint density at radius 2 is 2.25 bits per heavy atom. The van der Waals surface area contributed by atoms with E-state index in [1.165, 1.54) is 0 Å². The lowest BCUT2D eigenvalue weighted by Crippen LogP contribution is -2.46. The largest absolute Gasteiger partial charge is 0.497 e. The highest BCUT2D eigenvalue weighted by molar-refractivity contribution is 7.85. The van der Waals surface area contributed by atoms with E-state index in [0.717, 1.165) is 48.7 Å². The van der Waals surface area contributed by atoms with Crippen molar-refractivity contribution in [3.05, 3.63) is 29.8 Å². The van der Waals surface area contributed by atoms with Crippen LogP contribution in [-0.4, -0.2) is 41.4 Å². The molecule has 0 aromatic heterocycles. The number of ether oxygens (including phenoxy) is 1. The average molecular weight is 352 g/mol. The number of rotatable bonds is 6. The Balaban J connectivity index is 1.86. The van der Waals surface area contributed by atoms with Gasteiger partial charge in [-0.1, -0.05) is 25.5 Å². The summed E-state index contributed by atoms with van der Waals surface area (Å²) in [6.45, 7) is 2.69. The average Bonchev–Trinajstić information content (AvgIpc) is 2.64. The van der Waals surface area contributed by atoms with E-state index in [0.29, 0.717) is 17.8 Å². The van der Waals surface area contributed by atoms with Crippen molar-refractivity contribution in [3.8, 4) is 5.75 Å². The first kappa shape index (κ1) is 18.8. The molecule has 0 saturated heterocycles. The number of hydrogen-bond donors (Lipinski definition) is 2. The van der Waals surface area contributed by atoms with Crippen LogP contribution in [0.3, 0.4) is 0 Å². The van der Waals surface area contributed by atoms with Crippen molar-refractivity contribution in [1.82, 2.24) is 10.6 Å². The lowest BCUT2D eigenvalue weighted by molar-refractivity contribution is 0.412. The first-order chi connectivity index (χ1) is 11.7. The van der Waals surface area contributed by atoms with Crippen molar-refractivity contribution in [2.24, 2.45) is 4.99 Å². The Labute approximate surface area is 147 Å². The van der Waals surface area contributed by atoms with E-state index in [2.05, 4.69) is 21.7 Å². The van der Waals surface area contributed by atoms with Gasteiger partial charge in [0.1, 0.15) is 5.75 Å². The third-order valence-electron chi connectivity index (χ3n) is 4.44. The van der Waals surface area contributed by atoms with Gasteiger partial charge in [0, 0.05) is 41.4 Å². The summed E-state index contributed by atoms with van der Waals surface area (Å²) in [5.41, 5.74) is 1.14. The minimum atomic E-state index is -0.702. The van der Waals surface area contributed by atoms with Crippen LogP contribution in [-0.2, 0) is 17.3 Å². The molecule has 134 valence electrons. The summed E-state index contributed by atoms with van der Waals surface area (Å²) < 4.78 is 17.3. The van der Waals surface area contributed by atoms with Gasteiger partial charge < -0.3 is 15.4 Å². The molecule has 6 heteroatoms. The molecule has 1 aromatic rings. The molecule has 2 rings (SSSR count). The summed E-state index contributed by atoms with van der Waals surface area (Å²) >= 11 is 0. The third kappa shape index (κ3) is 5.51. The van der Waals surface area contributed by atoms with E-state index in [-0.39, 0.29) is 0 Å². The Morgan fingerprint density at radius 3 is 2.96 bits per heavy atom. The number of aliphatic imine (C=N–C) groups is 1. The van der Waals surface area contributed by atoms with Gasteiger partial charge in [-0.2, -0.15) is 0 Å². The van der Waals surface area contributed by atoms with Crippen LogP contribution in [0, 0.1) is 0 Å². The summed E-state index contributed by atoms with van der Waals surface area (Å²) in [6, 6.07) is 8.34. The molecule has 1 saturated carbocycles. The summed E-state index contributed by atoms with van der Waals surface area (Å²) in [7, 11) is 2.75. The minimum Gasteiger partial charge on any atom is -0.497 e. The SMILES string of the molecule is CCS(=O)C1CCCC(NC(=NC)NCc2cccc(OC)c2)C1. The zero-order valence-corrected chi connectivity index (χ0v) is 15.7. The van der Waals surface area contributed by atoms with Crippen LogP contribution in [0.5, 0.6) is 5.75 Å². The fraction of sp³-hybridized carbons (Fsp3) is 0.611. The predicted octanol–water partition coefficient (Wildman–Crippen LogP) is 2.44. The first-order valence-corrected chi connectivity index (χ1v) is 10.0. The zero-order valence-electron chi connectivity index (χ0n) is 14.9. The quantitative estimate of drug-likeness (QED) is 0.610. The van der Waals surface area contributed by atoms with Crippen LogP contribution in [0.25, 0.3) is 0 Å². The maximum absolute atomic E-state index is 12.1. The summed E-state index contributed by atoms with van der Waals surface area (Å²) in [5.74, 6) is 2.40. The molecule has 2 N–H and O–H groups in total. The lowest BCUT2D eigenvalue weighted by atomic mass is 9.95. The Kier molecular flexibility index (Phi) is 7.56. The van der Waals surface area contributed by atoms with E-state index in [1.807, 2.05) is 25.1 Å². The molecule has 0 amide bonds. The number of guanidine groups is 1. The Bertz CT molecular complexity index is 577. The Morgan fingerprint density at radius 1 is 1.42 bits per heavy atom. The molecule has 1 aliphatic carbocycles. The molecule has 0 heterocycles. The highest BCUT2D eigenvalue weighted by Gasteiger charge is 2.25. The van der Waals surface area contributed by atoms with Crippen LogP contribution >= 0.6 is 0 Å². The molecule has 3 atom stereocenters. The van der Waals surface area contributed by atoms with Gasteiger partial charge in [0.15, 0.2) is 5.96 Å². The van der Waals surface area contributed by atoms with Crippen LogP contribution < -0.4 is 15.4 Å². The predicted molar refractivity (Wildman–Crippen MR) is 101 cm³/mol. The maximum atomic E-state index is 12.1. The van der Waals surface area contributed by atoms with Crippen LogP contribution in [0.1, 0.15) is 38.2 Å². The van der Waals surface area contributed by atoms with Gasteiger partial charge in [-0.05, 0) is 37.0 Å². The van der Waals surface area contributed by atoms with Crippen LogP contribution in [0.15, 0.2) is 29.3 Å². The second-order valence-electron chi connectivity index (χ2n) is 6.08. The van der Waals surface area contributed by atoms with Gasteiger partial charge in [0.25, 0.3) is 0 Å². The van der Waals surface area contributed by atoms with Gasteiger partial charge in [0.2, 0.25) is 0 Å². The second-order valence-corrected chi connectivity index (χ2v) is 8.08. The minimum absolute atomic E-state index is 0.317. The molecule has 0 aliphatic heterocycles. The van der Waals surface area contributed by atoms with Crippen molar-refractivity contribution >= 4 is 16.8 Å². The molecule has 1 aromatic carbocycles. The molecule has 1 fully saturated rings. The number of methoxy groups -OCH3 is 1. The summed E-state index contributed by atoms with van der Waals surface area (Å²) in [4.78, 5) is 4.32. The monoisotopic (exact) mass is 351 g/mol. The van der Waals surface area contributed by atoms with Crippen molar-refractivity contribution in [3.63, 3.8) is 0 Å². The van der Waals surface area contributed by atoms with Crippen molar-refractivity contribution in [2.75, 3.05) is 19.9 Å². The standard InChI is InChI=1S/C18H29N3O2S/c1-4-24(22)17-10-6-8-15(12-17)21-18(19-2)20-13-14-7-5-9-16(11-14)23-3/h5,7,9,11,15,17H,4,6,8,10,12-13H2,1-3H3,(H2,19,20,21). The van der Waals surface area contributed by atoms with Gasteiger partial charge >= 0.3 is 0 Å². The summed E-state index contributed by atoms with van der Waals surface area (Å²) in [5, 5.41) is 7.15. The van der Waals surface area contributed by atoms with Gasteiger partial charge in [-0.15, -0.1) is 0 Å². The van der Waals surface area contributed by atoms with Crippen LogP contribution in [0.4, 0.5) is 0 Å². The molecule has 5 nitrogen and oxygen atoms in total. The smallest absolute Gasteiger partial charge is 0.191 e. The zero-order chi connectivity index (χ0) is 17.4. The van der Waals surface area contributed by atoms with E-state index in [1.54, 1.807) is 14.2 Å². The molecule has 0 bridgehead atoms. The molecule has 0 radical (unpaired) electrons. The normalized spacial score (nSPS) is 22.7. The topological polar surface area (TPSA) is 62.7 Å².